The standard InChI is InChI=1S/C14H28N2/c1-11-10-16(8-6-13(11)15)12-5-4-7-14(2,3)9-12/h11-13H,4-10,15H2,1-3H3. The first-order valence-electron chi connectivity index (χ1n) is 6.97. The van der Waals surface area contributed by atoms with Crippen LogP contribution < -0.4 is 5.73 Å². The maximum absolute atomic E-state index is 6.10. The lowest BCUT2D eigenvalue weighted by Gasteiger charge is -2.45. The number of hydrogen-bond acceptors (Lipinski definition) is 2. The highest BCUT2D eigenvalue weighted by Crippen LogP contribution is 2.38. The second-order valence-corrected chi connectivity index (χ2v) is 6.84. The molecule has 1 saturated carbocycles. The lowest BCUT2D eigenvalue weighted by atomic mass is 9.74. The maximum atomic E-state index is 6.10. The van der Waals surface area contributed by atoms with E-state index in [1.54, 1.807) is 0 Å². The summed E-state index contributed by atoms with van der Waals surface area (Å²) in [5.74, 6) is 0.679. The molecular weight excluding hydrogens is 196 g/mol. The van der Waals surface area contributed by atoms with E-state index in [1.165, 1.54) is 45.2 Å². The third kappa shape index (κ3) is 2.78. The minimum Gasteiger partial charge on any atom is -0.327 e. The molecule has 16 heavy (non-hydrogen) atoms. The number of piperidine rings is 1. The second kappa shape index (κ2) is 4.66. The maximum Gasteiger partial charge on any atom is 0.0100 e. The minimum absolute atomic E-state index is 0.438. The van der Waals surface area contributed by atoms with E-state index >= 15 is 0 Å². The van der Waals surface area contributed by atoms with Gasteiger partial charge in [-0.15, -0.1) is 0 Å². The van der Waals surface area contributed by atoms with Gasteiger partial charge in [-0.05, 0) is 43.6 Å². The average molecular weight is 224 g/mol. The molecule has 3 atom stereocenters. The van der Waals surface area contributed by atoms with Gasteiger partial charge in [0.15, 0.2) is 0 Å². The summed E-state index contributed by atoms with van der Waals surface area (Å²) in [7, 11) is 0. The Morgan fingerprint density at radius 3 is 2.62 bits per heavy atom. The highest BCUT2D eigenvalue weighted by molar-refractivity contribution is 4.89. The minimum atomic E-state index is 0.438. The summed E-state index contributed by atoms with van der Waals surface area (Å²) in [6.07, 6.45) is 6.81. The van der Waals surface area contributed by atoms with Gasteiger partial charge in [0.05, 0.1) is 0 Å². The predicted molar refractivity (Wildman–Crippen MR) is 69.4 cm³/mol. The fraction of sp³-hybridized carbons (Fsp3) is 1.00. The van der Waals surface area contributed by atoms with Crippen LogP contribution in [-0.4, -0.2) is 30.1 Å². The lowest BCUT2D eigenvalue weighted by Crippen LogP contribution is -2.51. The van der Waals surface area contributed by atoms with E-state index in [2.05, 4.69) is 25.7 Å². The van der Waals surface area contributed by atoms with Crippen molar-refractivity contribution in [3.8, 4) is 0 Å². The Balaban J connectivity index is 1.92. The van der Waals surface area contributed by atoms with E-state index in [0.717, 1.165) is 6.04 Å². The smallest absolute Gasteiger partial charge is 0.0100 e. The van der Waals surface area contributed by atoms with Crippen LogP contribution in [0.15, 0.2) is 0 Å². The van der Waals surface area contributed by atoms with Crippen molar-refractivity contribution in [3.63, 3.8) is 0 Å². The van der Waals surface area contributed by atoms with Gasteiger partial charge in [-0.1, -0.05) is 27.2 Å². The van der Waals surface area contributed by atoms with Gasteiger partial charge in [-0.25, -0.2) is 0 Å². The average Bonchev–Trinajstić information content (AvgIpc) is 2.20. The molecule has 0 aromatic rings. The van der Waals surface area contributed by atoms with E-state index in [4.69, 9.17) is 5.73 Å². The summed E-state index contributed by atoms with van der Waals surface area (Å²) >= 11 is 0. The molecule has 2 fully saturated rings. The number of nitrogens with two attached hydrogens (primary N) is 1. The van der Waals surface area contributed by atoms with Crippen LogP contribution in [-0.2, 0) is 0 Å². The van der Waals surface area contributed by atoms with Crippen molar-refractivity contribution in [3.05, 3.63) is 0 Å². The van der Waals surface area contributed by atoms with E-state index in [9.17, 15) is 0 Å². The first-order chi connectivity index (χ1) is 7.48. The molecule has 0 spiro atoms. The van der Waals surface area contributed by atoms with Gasteiger partial charge < -0.3 is 5.73 Å². The molecule has 1 aliphatic heterocycles. The first-order valence-corrected chi connectivity index (χ1v) is 6.97. The summed E-state index contributed by atoms with van der Waals surface area (Å²) in [6, 6.07) is 1.27. The summed E-state index contributed by atoms with van der Waals surface area (Å²) < 4.78 is 0. The van der Waals surface area contributed by atoms with Gasteiger partial charge >= 0.3 is 0 Å². The van der Waals surface area contributed by atoms with Crippen molar-refractivity contribution in [2.24, 2.45) is 17.1 Å². The zero-order chi connectivity index (χ0) is 11.8. The van der Waals surface area contributed by atoms with Crippen molar-refractivity contribution < 1.29 is 0 Å². The number of rotatable bonds is 1. The summed E-state index contributed by atoms with van der Waals surface area (Å²) in [6.45, 7) is 9.62. The fourth-order valence-corrected chi connectivity index (χ4v) is 3.50. The topological polar surface area (TPSA) is 29.3 Å². The molecule has 2 N–H and O–H groups in total. The Hall–Kier alpha value is -0.0800. The fourth-order valence-electron chi connectivity index (χ4n) is 3.50. The van der Waals surface area contributed by atoms with Crippen LogP contribution in [0.5, 0.6) is 0 Å². The van der Waals surface area contributed by atoms with Gasteiger partial charge in [-0.3, -0.25) is 4.90 Å². The van der Waals surface area contributed by atoms with Crippen LogP contribution >= 0.6 is 0 Å². The van der Waals surface area contributed by atoms with Gasteiger partial charge in [-0.2, -0.15) is 0 Å². The Morgan fingerprint density at radius 1 is 1.25 bits per heavy atom. The Morgan fingerprint density at radius 2 is 2.00 bits per heavy atom. The Kier molecular flexibility index (Phi) is 3.60. The molecule has 2 nitrogen and oxygen atoms in total. The predicted octanol–water partition coefficient (Wildman–Crippen LogP) is 2.62. The Labute approximate surface area is 101 Å². The highest BCUT2D eigenvalue weighted by Gasteiger charge is 2.34. The largest absolute Gasteiger partial charge is 0.327 e. The molecule has 0 aromatic heterocycles. The van der Waals surface area contributed by atoms with Crippen LogP contribution in [0, 0.1) is 11.3 Å². The molecule has 2 aliphatic rings. The summed E-state index contributed by atoms with van der Waals surface area (Å²) in [5, 5.41) is 0. The van der Waals surface area contributed by atoms with Crippen LogP contribution in [0.25, 0.3) is 0 Å². The van der Waals surface area contributed by atoms with Crippen LogP contribution in [0.4, 0.5) is 0 Å². The zero-order valence-corrected chi connectivity index (χ0v) is 11.2. The van der Waals surface area contributed by atoms with Crippen molar-refractivity contribution >= 4 is 0 Å². The first kappa shape index (κ1) is 12.4. The highest BCUT2D eigenvalue weighted by atomic mass is 15.2. The molecule has 0 amide bonds. The van der Waals surface area contributed by atoms with Crippen molar-refractivity contribution in [1.82, 2.24) is 4.90 Å². The molecule has 1 heterocycles. The molecule has 0 aromatic carbocycles. The van der Waals surface area contributed by atoms with Gasteiger partial charge in [0.2, 0.25) is 0 Å². The molecule has 3 unspecified atom stereocenters. The summed E-state index contributed by atoms with van der Waals surface area (Å²) in [5.41, 5.74) is 6.66. The third-order valence-electron chi connectivity index (χ3n) is 4.70. The van der Waals surface area contributed by atoms with Crippen LogP contribution in [0.2, 0.25) is 0 Å². The molecule has 1 aliphatic carbocycles. The second-order valence-electron chi connectivity index (χ2n) is 6.84. The van der Waals surface area contributed by atoms with E-state index in [-0.39, 0.29) is 0 Å². The van der Waals surface area contributed by atoms with E-state index in [1.807, 2.05) is 0 Å². The normalized spacial score (nSPS) is 40.9. The zero-order valence-electron chi connectivity index (χ0n) is 11.2. The number of hydrogen-bond donors (Lipinski definition) is 1. The molecule has 0 bridgehead atoms. The molecule has 0 radical (unpaired) electrons. The molecule has 2 rings (SSSR count). The van der Waals surface area contributed by atoms with E-state index in [0.29, 0.717) is 17.4 Å². The quantitative estimate of drug-likeness (QED) is 0.742. The van der Waals surface area contributed by atoms with Crippen LogP contribution in [0.3, 0.4) is 0 Å². The summed E-state index contributed by atoms with van der Waals surface area (Å²) in [4.78, 5) is 2.72. The van der Waals surface area contributed by atoms with E-state index < -0.39 is 0 Å². The van der Waals surface area contributed by atoms with Crippen molar-refractivity contribution in [2.75, 3.05) is 13.1 Å². The molecular formula is C14H28N2. The molecule has 1 saturated heterocycles. The molecule has 94 valence electrons. The van der Waals surface area contributed by atoms with Crippen molar-refractivity contribution in [2.45, 2.75) is 65.0 Å². The monoisotopic (exact) mass is 224 g/mol. The third-order valence-corrected chi connectivity index (χ3v) is 4.70. The van der Waals surface area contributed by atoms with Gasteiger partial charge in [0, 0.05) is 18.6 Å². The van der Waals surface area contributed by atoms with Gasteiger partial charge in [0.25, 0.3) is 0 Å². The number of nitrogens with zero attached hydrogens (tertiary/aromatic N) is 1. The van der Waals surface area contributed by atoms with Crippen LogP contribution in [0.1, 0.15) is 52.9 Å². The SMILES string of the molecule is CC1CN(C2CCCC(C)(C)C2)CCC1N. The van der Waals surface area contributed by atoms with Gasteiger partial charge in [0.1, 0.15) is 0 Å². The van der Waals surface area contributed by atoms with Crippen molar-refractivity contribution in [1.29, 1.82) is 0 Å². The lowest BCUT2D eigenvalue weighted by molar-refractivity contribution is 0.0562. The Bertz CT molecular complexity index is 237. The number of likely N-dealkylation sites (tertiary alicyclic amines) is 1. The molecule has 2 heteroatoms.